The number of fused-ring (bicyclic) bond motifs is 2. The molecule has 0 saturated heterocycles. The predicted molar refractivity (Wildman–Crippen MR) is 107 cm³/mol. The van der Waals surface area contributed by atoms with Crippen LogP contribution in [0.2, 0.25) is 0 Å². The van der Waals surface area contributed by atoms with E-state index < -0.39 is 0 Å². The van der Waals surface area contributed by atoms with Crippen molar-refractivity contribution < 1.29 is 4.79 Å². The predicted octanol–water partition coefficient (Wildman–Crippen LogP) is 4.36. The molecule has 2 N–H and O–H groups in total. The molecule has 2 atom stereocenters. The average Bonchev–Trinajstić information content (AvgIpc) is 2.65. The van der Waals surface area contributed by atoms with Gasteiger partial charge in [0.05, 0.1) is 22.7 Å². The van der Waals surface area contributed by atoms with E-state index in [2.05, 4.69) is 24.3 Å². The molecule has 0 bridgehead atoms. The van der Waals surface area contributed by atoms with Crippen LogP contribution in [0.3, 0.4) is 0 Å². The summed E-state index contributed by atoms with van der Waals surface area (Å²) in [5.41, 5.74) is 7.71. The Morgan fingerprint density at radius 2 is 1.84 bits per heavy atom. The third kappa shape index (κ3) is 3.22. The first-order valence-corrected chi connectivity index (χ1v) is 10.0. The highest BCUT2D eigenvalue weighted by Crippen LogP contribution is 2.43. The van der Waals surface area contributed by atoms with Crippen LogP contribution < -0.4 is 10.6 Å². The van der Waals surface area contributed by atoms with Gasteiger partial charge in [-0.25, -0.2) is 0 Å². The van der Waals surface area contributed by atoms with Gasteiger partial charge < -0.3 is 10.6 Å². The molecule has 2 aromatic carbocycles. The summed E-state index contributed by atoms with van der Waals surface area (Å²) in [5.74, 6) is 0.476. The van der Waals surface area contributed by atoms with Crippen molar-refractivity contribution in [3.63, 3.8) is 0 Å². The molecule has 2 aliphatic rings. The van der Waals surface area contributed by atoms with Crippen LogP contribution in [0.25, 0.3) is 0 Å². The Kier molecular flexibility index (Phi) is 4.59. The van der Waals surface area contributed by atoms with Gasteiger partial charge in [0.25, 0.3) is 0 Å². The quantitative estimate of drug-likeness (QED) is 0.647. The normalized spacial score (nSPS) is 20.9. The molecular weight excluding hydrogens is 348 g/mol. The van der Waals surface area contributed by atoms with E-state index in [1.807, 2.05) is 65.2 Å². The van der Waals surface area contributed by atoms with E-state index in [0.29, 0.717) is 11.4 Å². The summed E-state index contributed by atoms with van der Waals surface area (Å²) in [5, 5.41) is 0.260. The summed E-state index contributed by atoms with van der Waals surface area (Å²) in [7, 11) is 0. The van der Waals surface area contributed by atoms with Crippen molar-refractivity contribution in [3.8, 4) is 0 Å². The first-order chi connectivity index (χ1) is 12.2. The van der Waals surface area contributed by atoms with Gasteiger partial charge in [-0.3, -0.25) is 4.79 Å². The second-order valence-electron chi connectivity index (χ2n) is 5.90. The largest absolute Gasteiger partial charge is 0.398 e. The Hall–Kier alpha value is -2.11. The van der Waals surface area contributed by atoms with Crippen LogP contribution in [0.4, 0.5) is 11.4 Å². The van der Waals surface area contributed by atoms with E-state index in [-0.39, 0.29) is 17.2 Å². The first kappa shape index (κ1) is 16.4. The average molecular weight is 367 g/mol. The summed E-state index contributed by atoms with van der Waals surface area (Å²) < 4.78 is 0. The SMILES string of the molecule is Nc1ccccc1SCC(=O)N1c2ccccc2S[C@H]2C=CC=C[C@@H]21. The lowest BCUT2D eigenvalue weighted by Gasteiger charge is -2.40. The molecule has 0 radical (unpaired) electrons. The van der Waals surface area contributed by atoms with E-state index in [0.717, 1.165) is 15.5 Å². The van der Waals surface area contributed by atoms with Crippen LogP contribution in [0, 0.1) is 0 Å². The minimum Gasteiger partial charge on any atom is -0.398 e. The van der Waals surface area contributed by atoms with Gasteiger partial charge in [-0.2, -0.15) is 0 Å². The van der Waals surface area contributed by atoms with Crippen molar-refractivity contribution in [1.29, 1.82) is 0 Å². The summed E-state index contributed by atoms with van der Waals surface area (Å²) in [4.78, 5) is 17.1. The van der Waals surface area contributed by atoms with Gasteiger partial charge in [0.1, 0.15) is 0 Å². The fraction of sp³-hybridized carbons (Fsp3) is 0.150. The highest BCUT2D eigenvalue weighted by Gasteiger charge is 2.36. The summed E-state index contributed by atoms with van der Waals surface area (Å²) >= 11 is 3.32. The molecule has 0 fully saturated rings. The number of amides is 1. The zero-order chi connectivity index (χ0) is 17.2. The number of anilines is 2. The lowest BCUT2D eigenvalue weighted by atomic mass is 10.0. The molecule has 1 aliphatic heterocycles. The van der Waals surface area contributed by atoms with Crippen LogP contribution in [0.5, 0.6) is 0 Å². The number of nitrogens with zero attached hydrogens (tertiary/aromatic N) is 1. The first-order valence-electron chi connectivity index (χ1n) is 8.14. The van der Waals surface area contributed by atoms with Gasteiger partial charge in [0.15, 0.2) is 0 Å². The Bertz CT molecular complexity index is 862. The highest BCUT2D eigenvalue weighted by molar-refractivity contribution is 8.00. The fourth-order valence-corrected chi connectivity index (χ4v) is 5.19. The molecule has 0 spiro atoms. The highest BCUT2D eigenvalue weighted by atomic mass is 32.2. The van der Waals surface area contributed by atoms with Gasteiger partial charge in [0, 0.05) is 15.5 Å². The second-order valence-corrected chi connectivity index (χ2v) is 8.14. The lowest BCUT2D eigenvalue weighted by Crippen LogP contribution is -2.48. The van der Waals surface area contributed by atoms with Crippen LogP contribution in [0.1, 0.15) is 0 Å². The van der Waals surface area contributed by atoms with Crippen molar-refractivity contribution in [2.24, 2.45) is 0 Å². The molecule has 2 aromatic rings. The monoisotopic (exact) mass is 366 g/mol. The molecule has 0 unspecified atom stereocenters. The topological polar surface area (TPSA) is 46.3 Å². The maximum atomic E-state index is 13.1. The minimum absolute atomic E-state index is 0.0612. The number of hydrogen-bond donors (Lipinski definition) is 1. The zero-order valence-electron chi connectivity index (χ0n) is 13.5. The van der Waals surface area contributed by atoms with Crippen LogP contribution >= 0.6 is 23.5 Å². The number of benzene rings is 2. The minimum atomic E-state index is 0.0612. The summed E-state index contributed by atoms with van der Waals surface area (Å²) in [6, 6.07) is 15.9. The van der Waals surface area contributed by atoms with Gasteiger partial charge in [-0.05, 0) is 24.3 Å². The summed E-state index contributed by atoms with van der Waals surface area (Å²) in [6.07, 6.45) is 8.38. The van der Waals surface area contributed by atoms with Crippen molar-refractivity contribution in [3.05, 3.63) is 72.8 Å². The smallest absolute Gasteiger partial charge is 0.237 e. The van der Waals surface area contributed by atoms with E-state index in [4.69, 9.17) is 5.73 Å². The molecule has 0 saturated carbocycles. The number of carbonyl (C=O) groups excluding carboxylic acids is 1. The van der Waals surface area contributed by atoms with Gasteiger partial charge in [0.2, 0.25) is 5.91 Å². The number of nitrogens with two attached hydrogens (primary N) is 1. The molecule has 25 heavy (non-hydrogen) atoms. The molecule has 1 aliphatic carbocycles. The Morgan fingerprint density at radius 3 is 2.72 bits per heavy atom. The maximum Gasteiger partial charge on any atom is 0.237 e. The number of rotatable bonds is 3. The Labute approximate surface area is 156 Å². The van der Waals surface area contributed by atoms with E-state index in [1.165, 1.54) is 11.8 Å². The second kappa shape index (κ2) is 7.02. The molecule has 3 nitrogen and oxygen atoms in total. The molecule has 1 amide bonds. The molecule has 4 rings (SSSR count). The summed E-state index contributed by atoms with van der Waals surface area (Å²) in [6.45, 7) is 0. The third-order valence-corrected chi connectivity index (χ3v) is 6.66. The lowest BCUT2D eigenvalue weighted by molar-refractivity contribution is -0.116. The number of carbonyl (C=O) groups is 1. The fourth-order valence-electron chi connectivity index (χ4n) is 3.10. The number of thioether (sulfide) groups is 2. The van der Waals surface area contributed by atoms with E-state index >= 15 is 0 Å². The van der Waals surface area contributed by atoms with Crippen molar-refractivity contribution >= 4 is 40.8 Å². The molecule has 1 heterocycles. The van der Waals surface area contributed by atoms with Crippen LogP contribution in [0.15, 0.2) is 82.6 Å². The van der Waals surface area contributed by atoms with Crippen LogP contribution in [-0.4, -0.2) is 23.0 Å². The zero-order valence-corrected chi connectivity index (χ0v) is 15.2. The standard InChI is InChI=1S/C20H18N2OS2/c21-14-7-1-4-10-17(14)24-13-20(23)22-15-8-2-5-11-18(15)25-19-12-6-3-9-16(19)22/h1-12,15,18H,13,21H2/t15-,18-/m0/s1. The van der Waals surface area contributed by atoms with E-state index in [1.54, 1.807) is 0 Å². The van der Waals surface area contributed by atoms with Crippen molar-refractivity contribution in [1.82, 2.24) is 0 Å². The van der Waals surface area contributed by atoms with Crippen LogP contribution in [-0.2, 0) is 4.79 Å². The molecule has 126 valence electrons. The Morgan fingerprint density at radius 1 is 1.08 bits per heavy atom. The van der Waals surface area contributed by atoms with Gasteiger partial charge in [-0.1, -0.05) is 48.6 Å². The molecular formula is C20H18N2OS2. The van der Waals surface area contributed by atoms with Gasteiger partial charge in [-0.15, -0.1) is 23.5 Å². The van der Waals surface area contributed by atoms with Crippen molar-refractivity contribution in [2.45, 2.75) is 21.1 Å². The number of hydrogen-bond acceptors (Lipinski definition) is 4. The molecule has 0 aromatic heterocycles. The maximum absolute atomic E-state index is 13.1. The number of para-hydroxylation sites is 2. The van der Waals surface area contributed by atoms with E-state index in [9.17, 15) is 4.79 Å². The van der Waals surface area contributed by atoms with Crippen molar-refractivity contribution in [2.75, 3.05) is 16.4 Å². The third-order valence-electron chi connectivity index (χ3n) is 4.28. The number of allylic oxidation sites excluding steroid dienone is 2. The Balaban J connectivity index is 1.60. The molecule has 5 heteroatoms. The number of nitrogen functional groups attached to an aromatic ring is 1. The van der Waals surface area contributed by atoms with Gasteiger partial charge >= 0.3 is 0 Å².